The summed E-state index contributed by atoms with van der Waals surface area (Å²) in [4.78, 5) is 0. The molecule has 1 aliphatic heterocycles. The fourth-order valence-corrected chi connectivity index (χ4v) is 3.33. The van der Waals surface area contributed by atoms with Gasteiger partial charge in [-0.05, 0) is 36.8 Å². The van der Waals surface area contributed by atoms with Crippen LogP contribution in [0.3, 0.4) is 0 Å². The highest BCUT2D eigenvalue weighted by Crippen LogP contribution is 2.25. The van der Waals surface area contributed by atoms with E-state index >= 15 is 0 Å². The quantitative estimate of drug-likeness (QED) is 0.852. The zero-order valence-corrected chi connectivity index (χ0v) is 10.6. The molecule has 1 aromatic carbocycles. The van der Waals surface area contributed by atoms with Crippen molar-refractivity contribution in [3.8, 4) is 0 Å². The van der Waals surface area contributed by atoms with E-state index in [4.69, 9.17) is 23.2 Å². The highest BCUT2D eigenvalue weighted by Gasteiger charge is 2.13. The number of nitrogens with one attached hydrogen (secondary N) is 1. The van der Waals surface area contributed by atoms with Gasteiger partial charge in [-0.3, -0.25) is 0 Å². The summed E-state index contributed by atoms with van der Waals surface area (Å²) < 4.78 is 0. The van der Waals surface area contributed by atoms with Gasteiger partial charge in [-0.15, -0.1) is 0 Å². The van der Waals surface area contributed by atoms with Crippen molar-refractivity contribution >= 4 is 40.7 Å². The normalized spacial score (nSPS) is 21.3. The molecule has 0 radical (unpaired) electrons. The molecule has 0 saturated carbocycles. The minimum atomic E-state index is 0.554. The zero-order valence-electron chi connectivity index (χ0n) is 8.30. The summed E-state index contributed by atoms with van der Waals surface area (Å²) in [5.41, 5.74) is 1.03. The molecule has 0 spiro atoms. The van der Waals surface area contributed by atoms with Gasteiger partial charge in [0.05, 0.1) is 0 Å². The molecular weight excluding hydrogens is 249 g/mol. The first kappa shape index (κ1) is 11.4. The first-order valence-electron chi connectivity index (χ1n) is 5.04. The van der Waals surface area contributed by atoms with Gasteiger partial charge in [0.25, 0.3) is 0 Å². The molecule has 0 bridgehead atoms. The van der Waals surface area contributed by atoms with E-state index < -0.39 is 0 Å². The molecule has 1 aromatic rings. The van der Waals surface area contributed by atoms with Crippen molar-refractivity contribution < 1.29 is 0 Å². The van der Waals surface area contributed by atoms with Crippen LogP contribution in [0.2, 0.25) is 10.0 Å². The predicted molar refractivity (Wildman–Crippen MR) is 70.4 cm³/mol. The maximum absolute atomic E-state index is 5.94. The average molecular weight is 262 g/mol. The number of hydrogen-bond acceptors (Lipinski definition) is 2. The molecule has 0 amide bonds. The molecule has 4 heteroatoms. The second kappa shape index (κ2) is 5.33. The number of rotatable bonds is 2. The van der Waals surface area contributed by atoms with Crippen molar-refractivity contribution in [1.29, 1.82) is 0 Å². The van der Waals surface area contributed by atoms with Gasteiger partial charge in [0.2, 0.25) is 0 Å². The van der Waals surface area contributed by atoms with Crippen LogP contribution in [0.4, 0.5) is 5.69 Å². The summed E-state index contributed by atoms with van der Waals surface area (Å²) >= 11 is 13.9. The summed E-state index contributed by atoms with van der Waals surface area (Å²) in [7, 11) is 0. The molecule has 1 atom stereocenters. The highest BCUT2D eigenvalue weighted by atomic mass is 35.5. The smallest absolute Gasteiger partial charge is 0.0441 e. The third-order valence-corrected chi connectivity index (χ3v) is 4.05. The third-order valence-electron chi connectivity index (χ3n) is 2.39. The van der Waals surface area contributed by atoms with Crippen molar-refractivity contribution in [3.63, 3.8) is 0 Å². The summed E-state index contributed by atoms with van der Waals surface area (Å²) in [6.45, 7) is 0. The van der Waals surface area contributed by atoms with Crippen molar-refractivity contribution in [3.05, 3.63) is 28.2 Å². The van der Waals surface area contributed by atoms with Crippen LogP contribution in [0.1, 0.15) is 12.8 Å². The van der Waals surface area contributed by atoms with E-state index in [2.05, 4.69) is 5.32 Å². The summed E-state index contributed by atoms with van der Waals surface area (Å²) in [5, 5.41) is 4.85. The second-order valence-corrected chi connectivity index (χ2v) is 5.74. The van der Waals surface area contributed by atoms with Crippen LogP contribution >= 0.6 is 35.0 Å². The Labute approximate surface area is 105 Å². The summed E-state index contributed by atoms with van der Waals surface area (Å²) in [6.07, 6.45) is 2.52. The lowest BCUT2D eigenvalue weighted by atomic mass is 10.1. The van der Waals surface area contributed by atoms with Crippen LogP contribution < -0.4 is 5.32 Å². The Kier molecular flexibility index (Phi) is 4.06. The van der Waals surface area contributed by atoms with Crippen LogP contribution in [-0.4, -0.2) is 17.5 Å². The summed E-state index contributed by atoms with van der Waals surface area (Å²) in [6, 6.07) is 6.15. The third kappa shape index (κ3) is 3.47. The monoisotopic (exact) mass is 261 g/mol. The minimum absolute atomic E-state index is 0.554. The molecule has 1 N–H and O–H groups in total. The largest absolute Gasteiger partial charge is 0.381 e. The molecule has 0 aliphatic carbocycles. The van der Waals surface area contributed by atoms with E-state index in [1.807, 2.05) is 23.9 Å². The van der Waals surface area contributed by atoms with Gasteiger partial charge in [0.15, 0.2) is 0 Å². The number of benzene rings is 1. The lowest BCUT2D eigenvalue weighted by molar-refractivity contribution is 0.685. The van der Waals surface area contributed by atoms with Gasteiger partial charge < -0.3 is 5.32 Å². The number of halogens is 2. The maximum atomic E-state index is 5.94. The topological polar surface area (TPSA) is 12.0 Å². The van der Waals surface area contributed by atoms with Gasteiger partial charge >= 0.3 is 0 Å². The molecule has 2 rings (SSSR count). The van der Waals surface area contributed by atoms with E-state index in [0.717, 1.165) is 5.69 Å². The number of anilines is 1. The van der Waals surface area contributed by atoms with Crippen LogP contribution in [0.25, 0.3) is 0 Å². The molecule has 1 saturated heterocycles. The van der Waals surface area contributed by atoms with Crippen LogP contribution in [0, 0.1) is 0 Å². The molecule has 1 nitrogen and oxygen atoms in total. The van der Waals surface area contributed by atoms with Crippen LogP contribution in [-0.2, 0) is 0 Å². The van der Waals surface area contributed by atoms with Gasteiger partial charge in [-0.2, -0.15) is 11.8 Å². The summed E-state index contributed by atoms with van der Waals surface area (Å²) in [5.74, 6) is 2.46. The standard InChI is InChI=1S/C11H13Cl2NS/c12-8-4-9(13)6-11(5-8)14-10-2-1-3-15-7-10/h4-6,10,14H,1-3,7H2. The molecule has 15 heavy (non-hydrogen) atoms. The SMILES string of the molecule is Clc1cc(Cl)cc(NC2CCCSC2)c1. The van der Waals surface area contributed by atoms with E-state index in [1.54, 1.807) is 6.07 Å². The Hall–Kier alpha value is -0.0500. The highest BCUT2D eigenvalue weighted by molar-refractivity contribution is 7.99. The van der Waals surface area contributed by atoms with Crippen molar-refractivity contribution in [2.24, 2.45) is 0 Å². The van der Waals surface area contributed by atoms with E-state index in [-0.39, 0.29) is 0 Å². The first-order chi connectivity index (χ1) is 7.24. The van der Waals surface area contributed by atoms with Gasteiger partial charge in [-0.1, -0.05) is 23.2 Å². The molecule has 1 aliphatic rings. The van der Waals surface area contributed by atoms with Crippen LogP contribution in [0.15, 0.2) is 18.2 Å². The Morgan fingerprint density at radius 3 is 2.53 bits per heavy atom. The Bertz CT molecular complexity index is 317. The number of thioether (sulfide) groups is 1. The Balaban J connectivity index is 2.02. The van der Waals surface area contributed by atoms with Gasteiger partial charge in [0.1, 0.15) is 0 Å². The zero-order chi connectivity index (χ0) is 10.7. The Morgan fingerprint density at radius 2 is 1.93 bits per heavy atom. The predicted octanol–water partition coefficient (Wildman–Crippen LogP) is 4.30. The van der Waals surface area contributed by atoms with Crippen molar-refractivity contribution in [1.82, 2.24) is 0 Å². The molecule has 0 aromatic heterocycles. The molecule has 1 heterocycles. The average Bonchev–Trinajstić information content (AvgIpc) is 2.17. The number of hydrogen-bond donors (Lipinski definition) is 1. The minimum Gasteiger partial charge on any atom is -0.381 e. The molecule has 1 unspecified atom stereocenters. The maximum Gasteiger partial charge on any atom is 0.0441 e. The van der Waals surface area contributed by atoms with Gasteiger partial charge in [-0.25, -0.2) is 0 Å². The van der Waals surface area contributed by atoms with E-state index in [1.165, 1.54) is 24.3 Å². The van der Waals surface area contributed by atoms with Crippen LogP contribution in [0.5, 0.6) is 0 Å². The van der Waals surface area contributed by atoms with Crippen molar-refractivity contribution in [2.75, 3.05) is 16.8 Å². The van der Waals surface area contributed by atoms with E-state index in [9.17, 15) is 0 Å². The lowest BCUT2D eigenvalue weighted by Crippen LogP contribution is -2.25. The molecule has 1 fully saturated rings. The fraction of sp³-hybridized carbons (Fsp3) is 0.455. The second-order valence-electron chi connectivity index (χ2n) is 3.72. The molecular formula is C11H13Cl2NS. The van der Waals surface area contributed by atoms with E-state index in [0.29, 0.717) is 16.1 Å². The molecule has 82 valence electrons. The lowest BCUT2D eigenvalue weighted by Gasteiger charge is -2.23. The Morgan fingerprint density at radius 1 is 1.20 bits per heavy atom. The van der Waals surface area contributed by atoms with Gasteiger partial charge in [0, 0.05) is 27.5 Å². The fourth-order valence-electron chi connectivity index (χ4n) is 1.73. The first-order valence-corrected chi connectivity index (χ1v) is 6.95. The van der Waals surface area contributed by atoms with Crippen molar-refractivity contribution in [2.45, 2.75) is 18.9 Å².